The van der Waals surface area contributed by atoms with Crippen molar-refractivity contribution in [2.24, 2.45) is 0 Å². The van der Waals surface area contributed by atoms with Gasteiger partial charge in [-0.25, -0.2) is 9.97 Å². The predicted octanol–water partition coefficient (Wildman–Crippen LogP) is 1.64. The number of aliphatic hydroxyl groups is 1. The van der Waals surface area contributed by atoms with Crippen molar-refractivity contribution in [1.29, 1.82) is 0 Å². The Kier molecular flexibility index (Phi) is 2.72. The van der Waals surface area contributed by atoms with Crippen LogP contribution in [0.25, 0.3) is 0 Å². The Balaban J connectivity index is 3.24. The Morgan fingerprint density at radius 1 is 1.46 bits per heavy atom. The molecule has 0 aliphatic rings. The number of hydrogen-bond donors (Lipinski definition) is 1. The number of nitrogens with zero attached hydrogens (tertiary/aromatic N) is 2. The number of hydrogen-bond acceptors (Lipinski definition) is 3. The maximum atomic E-state index is 12.2. The lowest BCUT2D eigenvalue weighted by atomic mass is 10.2. The summed E-state index contributed by atoms with van der Waals surface area (Å²) >= 11 is 5.18. The molecule has 0 saturated heterocycles. The summed E-state index contributed by atoms with van der Waals surface area (Å²) in [7, 11) is 0. The normalized spacial score (nSPS) is 11.8. The van der Waals surface area contributed by atoms with Gasteiger partial charge in [0.25, 0.3) is 0 Å². The van der Waals surface area contributed by atoms with Gasteiger partial charge in [-0.05, 0) is 11.6 Å². The second-order valence-corrected chi connectivity index (χ2v) is 2.51. The van der Waals surface area contributed by atoms with Gasteiger partial charge in [0, 0.05) is 11.8 Å². The minimum absolute atomic E-state index is 0.392. The minimum Gasteiger partial charge on any atom is -0.392 e. The largest absolute Gasteiger partial charge is 0.433 e. The van der Waals surface area contributed by atoms with E-state index in [1.54, 1.807) is 0 Å². The Hall–Kier alpha value is -0.880. The van der Waals surface area contributed by atoms with Gasteiger partial charge in [0.05, 0.1) is 6.61 Å². The number of rotatable bonds is 1. The maximum Gasteiger partial charge on any atom is 0.433 e. The smallest absolute Gasteiger partial charge is 0.392 e. The standard InChI is InChI=1S/C6H4ClF3N2O/c7-5-11-1-3(2-13)4(12-5)6(8,9)10/h1,13H,2H2. The van der Waals surface area contributed by atoms with Crippen LogP contribution < -0.4 is 0 Å². The molecule has 0 aromatic carbocycles. The van der Waals surface area contributed by atoms with Crippen LogP contribution in [0.4, 0.5) is 13.2 Å². The third-order valence-electron chi connectivity index (χ3n) is 1.27. The quantitative estimate of drug-likeness (QED) is 0.720. The lowest BCUT2D eigenvalue weighted by Gasteiger charge is -2.08. The van der Waals surface area contributed by atoms with Crippen LogP contribution in [0.3, 0.4) is 0 Å². The molecule has 72 valence electrons. The highest BCUT2D eigenvalue weighted by atomic mass is 35.5. The molecule has 7 heteroatoms. The monoisotopic (exact) mass is 212 g/mol. The van der Waals surface area contributed by atoms with E-state index in [0.29, 0.717) is 0 Å². The molecule has 0 aliphatic heterocycles. The molecule has 0 atom stereocenters. The lowest BCUT2D eigenvalue weighted by Crippen LogP contribution is -2.12. The highest BCUT2D eigenvalue weighted by Gasteiger charge is 2.35. The van der Waals surface area contributed by atoms with E-state index in [-0.39, 0.29) is 0 Å². The summed E-state index contributed by atoms with van der Waals surface area (Å²) in [6.07, 6.45) is -3.78. The summed E-state index contributed by atoms with van der Waals surface area (Å²) in [5.41, 5.74) is -1.59. The summed E-state index contributed by atoms with van der Waals surface area (Å²) in [4.78, 5) is 6.30. The van der Waals surface area contributed by atoms with Crippen molar-refractivity contribution in [3.05, 3.63) is 22.7 Å². The van der Waals surface area contributed by atoms with Crippen molar-refractivity contribution in [3.63, 3.8) is 0 Å². The first-order valence-corrected chi connectivity index (χ1v) is 3.52. The van der Waals surface area contributed by atoms with Gasteiger partial charge in [0.2, 0.25) is 5.28 Å². The highest BCUT2D eigenvalue weighted by molar-refractivity contribution is 6.28. The molecule has 0 aliphatic carbocycles. The van der Waals surface area contributed by atoms with Gasteiger partial charge in [-0.3, -0.25) is 0 Å². The maximum absolute atomic E-state index is 12.2. The van der Waals surface area contributed by atoms with Gasteiger partial charge in [-0.2, -0.15) is 13.2 Å². The fraction of sp³-hybridized carbons (Fsp3) is 0.333. The van der Waals surface area contributed by atoms with Crippen LogP contribution in [0.15, 0.2) is 6.20 Å². The van der Waals surface area contributed by atoms with E-state index in [9.17, 15) is 13.2 Å². The van der Waals surface area contributed by atoms with Crippen molar-refractivity contribution < 1.29 is 18.3 Å². The molecule has 1 heterocycles. The Bertz CT molecular complexity index is 315. The molecule has 0 amide bonds. The van der Waals surface area contributed by atoms with Crippen LogP contribution in [0.1, 0.15) is 11.3 Å². The summed E-state index contributed by atoms with van der Waals surface area (Å²) in [5.74, 6) is 0. The molecule has 0 fully saturated rings. The van der Waals surface area contributed by atoms with Gasteiger partial charge in [0.15, 0.2) is 5.69 Å². The molecule has 0 radical (unpaired) electrons. The second kappa shape index (κ2) is 3.47. The summed E-state index contributed by atoms with van der Waals surface area (Å²) in [5, 5.41) is 8.05. The van der Waals surface area contributed by atoms with Gasteiger partial charge in [0.1, 0.15) is 0 Å². The summed E-state index contributed by atoms with van der Waals surface area (Å²) in [6, 6.07) is 0. The molecule has 0 saturated carbocycles. The average molecular weight is 213 g/mol. The molecular weight excluding hydrogens is 209 g/mol. The van der Waals surface area contributed by atoms with Gasteiger partial charge < -0.3 is 5.11 Å². The lowest BCUT2D eigenvalue weighted by molar-refractivity contribution is -0.142. The number of aromatic nitrogens is 2. The molecule has 3 nitrogen and oxygen atoms in total. The fourth-order valence-corrected chi connectivity index (χ4v) is 0.880. The molecule has 0 unspecified atom stereocenters. The third kappa shape index (κ3) is 2.28. The van der Waals surface area contributed by atoms with Crippen LogP contribution in [0.5, 0.6) is 0 Å². The number of aliphatic hydroxyl groups excluding tert-OH is 1. The molecular formula is C6H4ClF3N2O. The Morgan fingerprint density at radius 2 is 2.08 bits per heavy atom. The van der Waals surface area contributed by atoms with E-state index in [4.69, 9.17) is 16.7 Å². The molecule has 1 aromatic heterocycles. The van der Waals surface area contributed by atoms with Gasteiger partial charge in [-0.15, -0.1) is 0 Å². The van der Waals surface area contributed by atoms with Crippen LogP contribution in [-0.2, 0) is 12.8 Å². The van der Waals surface area contributed by atoms with Gasteiger partial charge in [-0.1, -0.05) is 0 Å². The van der Waals surface area contributed by atoms with Gasteiger partial charge >= 0.3 is 6.18 Å². The molecule has 0 bridgehead atoms. The number of halogens is 4. The van der Waals surface area contributed by atoms with Crippen LogP contribution in [0, 0.1) is 0 Å². The molecule has 1 aromatic rings. The molecule has 0 spiro atoms. The molecule has 1 rings (SSSR count). The zero-order chi connectivity index (χ0) is 10.1. The topological polar surface area (TPSA) is 46.0 Å². The van der Waals surface area contributed by atoms with Crippen molar-refractivity contribution in [3.8, 4) is 0 Å². The highest BCUT2D eigenvalue weighted by Crippen LogP contribution is 2.30. The SMILES string of the molecule is OCc1cnc(Cl)nc1C(F)(F)F. The van der Waals surface area contributed by atoms with E-state index >= 15 is 0 Å². The predicted molar refractivity (Wildman–Crippen MR) is 38.0 cm³/mol. The van der Waals surface area contributed by atoms with Crippen LogP contribution in [-0.4, -0.2) is 15.1 Å². The fourth-order valence-electron chi connectivity index (χ4n) is 0.746. The van der Waals surface area contributed by atoms with Crippen LogP contribution >= 0.6 is 11.6 Å². The zero-order valence-electron chi connectivity index (χ0n) is 6.14. The average Bonchev–Trinajstić information content (AvgIpc) is 2.03. The van der Waals surface area contributed by atoms with Crippen LogP contribution in [0.2, 0.25) is 5.28 Å². The van der Waals surface area contributed by atoms with Crippen molar-refractivity contribution in [2.75, 3.05) is 0 Å². The van der Waals surface area contributed by atoms with Crippen molar-refractivity contribution >= 4 is 11.6 Å². The van der Waals surface area contributed by atoms with E-state index in [0.717, 1.165) is 6.20 Å². The number of alkyl halides is 3. The summed E-state index contributed by atoms with van der Waals surface area (Å²) in [6.45, 7) is -0.772. The van der Waals surface area contributed by atoms with Crippen molar-refractivity contribution in [1.82, 2.24) is 9.97 Å². The van der Waals surface area contributed by atoms with Crippen molar-refractivity contribution in [2.45, 2.75) is 12.8 Å². The molecule has 1 N–H and O–H groups in total. The second-order valence-electron chi connectivity index (χ2n) is 2.17. The first kappa shape index (κ1) is 10.2. The first-order chi connectivity index (χ1) is 5.95. The minimum atomic E-state index is -4.62. The Morgan fingerprint density at radius 3 is 2.54 bits per heavy atom. The van der Waals surface area contributed by atoms with E-state index < -0.39 is 29.3 Å². The summed E-state index contributed by atoms with van der Waals surface area (Å²) < 4.78 is 36.5. The van der Waals surface area contributed by atoms with E-state index in [2.05, 4.69) is 9.97 Å². The Labute approximate surface area is 76.2 Å². The first-order valence-electron chi connectivity index (χ1n) is 3.14. The third-order valence-corrected chi connectivity index (χ3v) is 1.46. The van der Waals surface area contributed by atoms with E-state index in [1.165, 1.54) is 0 Å². The zero-order valence-corrected chi connectivity index (χ0v) is 6.89. The van der Waals surface area contributed by atoms with E-state index in [1.807, 2.05) is 0 Å². The molecule has 13 heavy (non-hydrogen) atoms.